The average molecular weight is 219 g/mol. The van der Waals surface area contributed by atoms with E-state index in [-0.39, 0.29) is 5.91 Å². The van der Waals surface area contributed by atoms with Gasteiger partial charge in [-0.1, -0.05) is 18.7 Å². The minimum atomic E-state index is -0.0153. The van der Waals surface area contributed by atoms with Crippen LogP contribution in [0.25, 0.3) is 5.57 Å². The molecule has 0 radical (unpaired) electrons. The molecule has 0 fully saturated rings. The normalized spacial score (nSPS) is 9.62. The Balaban J connectivity index is 2.55. The van der Waals surface area contributed by atoms with Crippen molar-refractivity contribution in [2.45, 2.75) is 13.3 Å². The predicted molar refractivity (Wildman–Crippen MR) is 65.3 cm³/mol. The van der Waals surface area contributed by atoms with Crippen molar-refractivity contribution in [3.63, 3.8) is 0 Å². The third kappa shape index (κ3) is 3.77. The maximum Gasteiger partial charge on any atom is 0.216 e. The Labute approximate surface area is 96.1 Å². The highest BCUT2D eigenvalue weighted by Crippen LogP contribution is 2.20. The first-order valence-corrected chi connectivity index (χ1v) is 5.20. The second kappa shape index (κ2) is 5.95. The smallest absolute Gasteiger partial charge is 0.216 e. The van der Waals surface area contributed by atoms with Crippen LogP contribution in [-0.4, -0.2) is 19.6 Å². The molecule has 0 bridgehead atoms. The Morgan fingerprint density at radius 1 is 1.50 bits per heavy atom. The molecular weight excluding hydrogens is 202 g/mol. The quantitative estimate of drug-likeness (QED) is 0.824. The molecule has 0 aliphatic rings. The van der Waals surface area contributed by atoms with Gasteiger partial charge in [0.15, 0.2) is 0 Å². The van der Waals surface area contributed by atoms with Crippen molar-refractivity contribution in [2.75, 3.05) is 13.7 Å². The topological polar surface area (TPSA) is 38.3 Å². The fourth-order valence-electron chi connectivity index (χ4n) is 1.38. The minimum absolute atomic E-state index is 0.0153. The number of nitrogens with one attached hydrogen (secondary N) is 1. The van der Waals surface area contributed by atoms with Gasteiger partial charge >= 0.3 is 0 Å². The molecule has 1 aromatic rings. The van der Waals surface area contributed by atoms with Gasteiger partial charge in [0.2, 0.25) is 5.91 Å². The van der Waals surface area contributed by atoms with E-state index in [9.17, 15) is 4.79 Å². The molecule has 0 saturated carbocycles. The zero-order valence-electron chi connectivity index (χ0n) is 9.75. The Bertz CT molecular complexity index is 385. The van der Waals surface area contributed by atoms with Gasteiger partial charge in [-0.05, 0) is 29.7 Å². The molecule has 0 unspecified atom stereocenters. The van der Waals surface area contributed by atoms with Crippen LogP contribution < -0.4 is 10.1 Å². The highest BCUT2D eigenvalue weighted by Gasteiger charge is 2.01. The molecule has 3 heteroatoms. The van der Waals surface area contributed by atoms with Gasteiger partial charge in [-0.3, -0.25) is 4.79 Å². The summed E-state index contributed by atoms with van der Waals surface area (Å²) < 4.78 is 5.14. The molecule has 0 atom stereocenters. The lowest BCUT2D eigenvalue weighted by atomic mass is 10.0. The van der Waals surface area contributed by atoms with Crippen molar-refractivity contribution < 1.29 is 9.53 Å². The molecule has 3 nitrogen and oxygen atoms in total. The van der Waals surface area contributed by atoms with E-state index in [4.69, 9.17) is 4.74 Å². The summed E-state index contributed by atoms with van der Waals surface area (Å²) in [6.45, 7) is 6.12. The molecule has 0 saturated heterocycles. The third-order valence-corrected chi connectivity index (χ3v) is 2.28. The molecule has 0 aliphatic heterocycles. The van der Waals surface area contributed by atoms with E-state index < -0.39 is 0 Å². The maximum absolute atomic E-state index is 10.7. The molecule has 0 heterocycles. The molecular formula is C13H17NO2. The van der Waals surface area contributed by atoms with Gasteiger partial charge in [0, 0.05) is 13.5 Å². The summed E-state index contributed by atoms with van der Waals surface area (Å²) in [5, 5.41) is 2.74. The second-order valence-corrected chi connectivity index (χ2v) is 3.57. The van der Waals surface area contributed by atoms with Crippen LogP contribution in [0.3, 0.4) is 0 Å². The van der Waals surface area contributed by atoms with Crippen LogP contribution in [0.15, 0.2) is 30.8 Å². The second-order valence-electron chi connectivity index (χ2n) is 3.57. The van der Waals surface area contributed by atoms with Gasteiger partial charge in [0.1, 0.15) is 5.75 Å². The minimum Gasteiger partial charge on any atom is -0.497 e. The van der Waals surface area contributed by atoms with Crippen molar-refractivity contribution >= 4 is 11.5 Å². The van der Waals surface area contributed by atoms with Gasteiger partial charge in [-0.25, -0.2) is 0 Å². The molecule has 1 N–H and O–H groups in total. The molecule has 0 aromatic heterocycles. The fourth-order valence-corrected chi connectivity index (χ4v) is 1.38. The molecule has 1 rings (SSSR count). The number of carbonyl (C=O) groups excluding carboxylic acids is 1. The van der Waals surface area contributed by atoms with Crippen LogP contribution in [0.4, 0.5) is 0 Å². The first-order chi connectivity index (χ1) is 7.63. The van der Waals surface area contributed by atoms with E-state index in [2.05, 4.69) is 11.9 Å². The van der Waals surface area contributed by atoms with E-state index in [1.807, 2.05) is 24.3 Å². The molecule has 16 heavy (non-hydrogen) atoms. The van der Waals surface area contributed by atoms with Crippen LogP contribution >= 0.6 is 0 Å². The number of ether oxygens (including phenoxy) is 1. The van der Waals surface area contributed by atoms with Crippen molar-refractivity contribution in [1.29, 1.82) is 0 Å². The summed E-state index contributed by atoms with van der Waals surface area (Å²) >= 11 is 0. The molecule has 0 spiro atoms. The van der Waals surface area contributed by atoms with Gasteiger partial charge in [0.05, 0.1) is 7.11 Å². The molecule has 0 aliphatic carbocycles. The fraction of sp³-hybridized carbons (Fsp3) is 0.308. The number of benzene rings is 1. The predicted octanol–water partition coefficient (Wildman–Crippen LogP) is 2.23. The Kier molecular flexibility index (Phi) is 4.58. The van der Waals surface area contributed by atoms with Gasteiger partial charge in [-0.2, -0.15) is 0 Å². The SMILES string of the molecule is C=C(CCNC(C)=O)c1cccc(OC)c1. The van der Waals surface area contributed by atoms with Crippen LogP contribution in [0.2, 0.25) is 0 Å². The van der Waals surface area contributed by atoms with E-state index in [1.54, 1.807) is 7.11 Å². The highest BCUT2D eigenvalue weighted by atomic mass is 16.5. The molecule has 1 aromatic carbocycles. The van der Waals surface area contributed by atoms with Gasteiger partial charge in [-0.15, -0.1) is 0 Å². The Morgan fingerprint density at radius 3 is 2.88 bits per heavy atom. The Morgan fingerprint density at radius 2 is 2.25 bits per heavy atom. The zero-order chi connectivity index (χ0) is 12.0. The number of hydrogen-bond acceptors (Lipinski definition) is 2. The lowest BCUT2D eigenvalue weighted by molar-refractivity contribution is -0.118. The van der Waals surface area contributed by atoms with Crippen molar-refractivity contribution in [3.05, 3.63) is 36.4 Å². The van der Waals surface area contributed by atoms with Crippen LogP contribution in [0.1, 0.15) is 18.9 Å². The standard InChI is InChI=1S/C13H17NO2/c1-10(7-8-14-11(2)15)12-5-4-6-13(9-12)16-3/h4-6,9H,1,7-8H2,2-3H3,(H,14,15). The maximum atomic E-state index is 10.7. The van der Waals surface area contributed by atoms with E-state index in [1.165, 1.54) is 6.92 Å². The zero-order valence-corrected chi connectivity index (χ0v) is 9.75. The summed E-state index contributed by atoms with van der Waals surface area (Å²) in [5.74, 6) is 0.802. The number of carbonyl (C=O) groups is 1. The van der Waals surface area contributed by atoms with Crippen molar-refractivity contribution in [3.8, 4) is 5.75 Å². The Hall–Kier alpha value is -1.77. The third-order valence-electron chi connectivity index (χ3n) is 2.28. The summed E-state index contributed by atoms with van der Waals surface area (Å²) in [6, 6.07) is 7.75. The number of methoxy groups -OCH3 is 1. The monoisotopic (exact) mass is 219 g/mol. The number of hydrogen-bond donors (Lipinski definition) is 1. The van der Waals surface area contributed by atoms with Gasteiger partial charge in [0.25, 0.3) is 0 Å². The molecule has 1 amide bonds. The average Bonchev–Trinajstić information content (AvgIpc) is 2.28. The summed E-state index contributed by atoms with van der Waals surface area (Å²) in [5.41, 5.74) is 2.04. The van der Waals surface area contributed by atoms with E-state index in [0.717, 1.165) is 23.3 Å². The summed E-state index contributed by atoms with van der Waals surface area (Å²) in [6.07, 6.45) is 0.743. The first kappa shape index (κ1) is 12.3. The van der Waals surface area contributed by atoms with Crippen molar-refractivity contribution in [1.82, 2.24) is 5.32 Å². The van der Waals surface area contributed by atoms with Crippen LogP contribution in [0, 0.1) is 0 Å². The number of amides is 1. The van der Waals surface area contributed by atoms with Crippen LogP contribution in [0.5, 0.6) is 5.75 Å². The first-order valence-electron chi connectivity index (χ1n) is 5.20. The van der Waals surface area contributed by atoms with Crippen LogP contribution in [-0.2, 0) is 4.79 Å². The lowest BCUT2D eigenvalue weighted by Crippen LogP contribution is -2.20. The van der Waals surface area contributed by atoms with E-state index in [0.29, 0.717) is 6.54 Å². The summed E-state index contributed by atoms with van der Waals surface area (Å²) in [7, 11) is 1.64. The summed E-state index contributed by atoms with van der Waals surface area (Å²) in [4.78, 5) is 10.7. The van der Waals surface area contributed by atoms with Gasteiger partial charge < -0.3 is 10.1 Å². The highest BCUT2D eigenvalue weighted by molar-refractivity contribution is 5.73. The largest absolute Gasteiger partial charge is 0.497 e. The number of rotatable bonds is 5. The van der Waals surface area contributed by atoms with E-state index >= 15 is 0 Å². The van der Waals surface area contributed by atoms with Crippen molar-refractivity contribution in [2.24, 2.45) is 0 Å². The lowest BCUT2D eigenvalue weighted by Gasteiger charge is -2.08. The molecule has 86 valence electrons.